The van der Waals surface area contributed by atoms with Gasteiger partial charge >= 0.3 is 11.9 Å². The van der Waals surface area contributed by atoms with Gasteiger partial charge in [-0.3, -0.25) is 4.79 Å². The maximum absolute atomic E-state index is 12.0. The summed E-state index contributed by atoms with van der Waals surface area (Å²) in [5, 5.41) is 31.4. The first-order valence-electron chi connectivity index (χ1n) is 8.90. The number of hydrogen-bond acceptors (Lipinski definition) is 7. The number of esters is 2. The van der Waals surface area contributed by atoms with Gasteiger partial charge in [-0.2, -0.15) is 0 Å². The fourth-order valence-corrected chi connectivity index (χ4v) is 3.78. The van der Waals surface area contributed by atoms with Crippen LogP contribution in [0.1, 0.15) is 53.9 Å². The summed E-state index contributed by atoms with van der Waals surface area (Å²) in [6.07, 6.45) is -0.481. The van der Waals surface area contributed by atoms with Crippen molar-refractivity contribution in [2.75, 3.05) is 6.61 Å². The molecule has 26 heavy (non-hydrogen) atoms. The van der Waals surface area contributed by atoms with E-state index in [0.29, 0.717) is 12.8 Å². The fraction of sp³-hybridized carbons (Fsp3) is 0.889. The van der Waals surface area contributed by atoms with Gasteiger partial charge in [-0.1, -0.05) is 29.5 Å². The highest BCUT2D eigenvalue weighted by Crippen LogP contribution is 2.43. The molecule has 152 valence electrons. The van der Waals surface area contributed by atoms with E-state index in [1.54, 1.807) is 27.7 Å². The molecule has 5 atom stereocenters. The molecule has 0 saturated heterocycles. The molecule has 0 aromatic heterocycles. The Labute approximate surface area is 168 Å². The highest BCUT2D eigenvalue weighted by Gasteiger charge is 2.50. The predicted octanol–water partition coefficient (Wildman–Crippen LogP) is 1.58. The molecule has 1 rings (SSSR count). The Morgan fingerprint density at radius 3 is 2.19 bits per heavy atom. The molecular formula is C18H31IO7. The van der Waals surface area contributed by atoms with Crippen LogP contribution in [0.15, 0.2) is 0 Å². The van der Waals surface area contributed by atoms with Crippen LogP contribution in [-0.4, -0.2) is 61.2 Å². The van der Waals surface area contributed by atoms with Crippen LogP contribution in [0.5, 0.6) is 0 Å². The monoisotopic (exact) mass is 486 g/mol. The molecule has 1 aliphatic rings. The van der Waals surface area contributed by atoms with Crippen LogP contribution in [0.3, 0.4) is 0 Å². The molecule has 8 heteroatoms. The van der Waals surface area contributed by atoms with Gasteiger partial charge in [-0.05, 0) is 46.5 Å². The second-order valence-electron chi connectivity index (χ2n) is 8.07. The predicted molar refractivity (Wildman–Crippen MR) is 104 cm³/mol. The maximum Gasteiger partial charge on any atom is 0.344 e. The van der Waals surface area contributed by atoms with Crippen LogP contribution >= 0.6 is 22.6 Å². The fourth-order valence-electron chi connectivity index (χ4n) is 3.60. The summed E-state index contributed by atoms with van der Waals surface area (Å²) >= 11 is 1.95. The number of ether oxygens (including phenoxy) is 2. The molecule has 0 amide bonds. The van der Waals surface area contributed by atoms with E-state index >= 15 is 0 Å². The zero-order chi connectivity index (χ0) is 20.3. The SMILES string of the molecule is CCC(I)C(=O)OCC(=O)OC1CC(O)C(C(C)(C)O)C(C(C)(C)O)C1. The number of hydrogen-bond donors (Lipinski definition) is 3. The van der Waals surface area contributed by atoms with Crippen LogP contribution < -0.4 is 0 Å². The molecule has 0 bridgehead atoms. The zero-order valence-corrected chi connectivity index (χ0v) is 18.2. The van der Waals surface area contributed by atoms with Crippen molar-refractivity contribution in [3.8, 4) is 0 Å². The standard InChI is InChI=1S/C18H31IO7/c1-6-12(19)16(22)25-9-14(21)26-10-7-11(17(2,3)23)15(13(20)8-10)18(4,5)24/h10-13,15,20,23-24H,6-9H2,1-5H3. The molecule has 5 unspecified atom stereocenters. The lowest BCUT2D eigenvalue weighted by Crippen LogP contribution is -2.56. The number of carbonyl (C=O) groups excluding carboxylic acids is 2. The summed E-state index contributed by atoms with van der Waals surface area (Å²) in [5.74, 6) is -2.18. The molecule has 7 nitrogen and oxygen atoms in total. The van der Waals surface area contributed by atoms with Crippen molar-refractivity contribution in [1.29, 1.82) is 0 Å². The van der Waals surface area contributed by atoms with Gasteiger partial charge in [-0.15, -0.1) is 0 Å². The number of aliphatic hydroxyl groups is 3. The van der Waals surface area contributed by atoms with Gasteiger partial charge in [0.05, 0.1) is 17.3 Å². The van der Waals surface area contributed by atoms with Crippen LogP contribution in [-0.2, 0) is 19.1 Å². The summed E-state index contributed by atoms with van der Waals surface area (Å²) in [6, 6.07) is 0. The van der Waals surface area contributed by atoms with Crippen molar-refractivity contribution in [1.82, 2.24) is 0 Å². The van der Waals surface area contributed by atoms with Crippen LogP contribution in [0.25, 0.3) is 0 Å². The van der Waals surface area contributed by atoms with Crippen molar-refractivity contribution < 1.29 is 34.4 Å². The van der Waals surface area contributed by atoms with Crippen molar-refractivity contribution >= 4 is 34.5 Å². The Morgan fingerprint density at radius 2 is 1.73 bits per heavy atom. The zero-order valence-electron chi connectivity index (χ0n) is 16.1. The van der Waals surface area contributed by atoms with Gasteiger partial charge in [0.15, 0.2) is 6.61 Å². The van der Waals surface area contributed by atoms with E-state index in [1.165, 1.54) is 0 Å². The van der Waals surface area contributed by atoms with Gasteiger partial charge in [-0.25, -0.2) is 4.79 Å². The quantitative estimate of drug-likeness (QED) is 0.285. The molecule has 0 heterocycles. The molecule has 0 spiro atoms. The number of carbonyl (C=O) groups is 2. The van der Waals surface area contributed by atoms with Crippen molar-refractivity contribution in [3.63, 3.8) is 0 Å². The summed E-state index contributed by atoms with van der Waals surface area (Å²) < 4.78 is 9.95. The van der Waals surface area contributed by atoms with Gasteiger partial charge in [0.25, 0.3) is 0 Å². The van der Waals surface area contributed by atoms with Crippen molar-refractivity contribution in [3.05, 3.63) is 0 Å². The molecule has 1 fully saturated rings. The van der Waals surface area contributed by atoms with Crippen molar-refractivity contribution in [2.45, 2.75) is 81.2 Å². The number of halogens is 1. The first-order chi connectivity index (χ1) is 11.8. The topological polar surface area (TPSA) is 113 Å². The van der Waals surface area contributed by atoms with E-state index in [1.807, 2.05) is 29.5 Å². The lowest BCUT2D eigenvalue weighted by Gasteiger charge is -2.48. The van der Waals surface area contributed by atoms with E-state index < -0.39 is 53.8 Å². The minimum atomic E-state index is -1.19. The molecule has 0 aromatic carbocycles. The maximum atomic E-state index is 12.0. The van der Waals surface area contributed by atoms with Crippen LogP contribution in [0.4, 0.5) is 0 Å². The second kappa shape index (κ2) is 9.16. The summed E-state index contributed by atoms with van der Waals surface area (Å²) in [5.41, 5.74) is -2.36. The second-order valence-corrected chi connectivity index (χ2v) is 9.58. The number of rotatable bonds is 7. The minimum Gasteiger partial charge on any atom is -0.460 e. The highest BCUT2D eigenvalue weighted by molar-refractivity contribution is 14.1. The molecule has 1 aliphatic carbocycles. The summed E-state index contributed by atoms with van der Waals surface area (Å²) in [6.45, 7) is 7.78. The molecule has 0 aromatic rings. The molecule has 0 aliphatic heterocycles. The Hall–Kier alpha value is -0.450. The van der Waals surface area contributed by atoms with Gasteiger partial charge in [0.2, 0.25) is 0 Å². The number of aliphatic hydroxyl groups excluding tert-OH is 1. The molecule has 3 N–H and O–H groups in total. The van der Waals surface area contributed by atoms with E-state index in [0.717, 1.165) is 0 Å². The Morgan fingerprint density at radius 1 is 1.15 bits per heavy atom. The van der Waals surface area contributed by atoms with Crippen LogP contribution in [0, 0.1) is 11.8 Å². The highest BCUT2D eigenvalue weighted by atomic mass is 127. The Bertz CT molecular complexity index is 495. The van der Waals surface area contributed by atoms with E-state index in [-0.39, 0.29) is 10.3 Å². The lowest BCUT2D eigenvalue weighted by molar-refractivity contribution is -0.183. The van der Waals surface area contributed by atoms with E-state index in [4.69, 9.17) is 9.47 Å². The largest absolute Gasteiger partial charge is 0.460 e. The molecular weight excluding hydrogens is 455 g/mol. The molecule has 0 radical (unpaired) electrons. The average Bonchev–Trinajstić information content (AvgIpc) is 2.48. The smallest absolute Gasteiger partial charge is 0.344 e. The first-order valence-corrected chi connectivity index (χ1v) is 10.1. The third-order valence-electron chi connectivity index (χ3n) is 4.84. The van der Waals surface area contributed by atoms with Crippen LogP contribution in [0.2, 0.25) is 0 Å². The summed E-state index contributed by atoms with van der Waals surface area (Å²) in [7, 11) is 0. The normalized spacial score (nSPS) is 28.3. The minimum absolute atomic E-state index is 0.158. The lowest BCUT2D eigenvalue weighted by atomic mass is 9.63. The first kappa shape index (κ1) is 23.6. The summed E-state index contributed by atoms with van der Waals surface area (Å²) in [4.78, 5) is 23.6. The van der Waals surface area contributed by atoms with Gasteiger partial charge < -0.3 is 24.8 Å². The third kappa shape index (κ3) is 6.61. The van der Waals surface area contributed by atoms with E-state index in [9.17, 15) is 24.9 Å². The number of alkyl halides is 1. The van der Waals surface area contributed by atoms with Crippen molar-refractivity contribution in [2.24, 2.45) is 11.8 Å². The Kier molecular flexibility index (Phi) is 8.31. The molecule has 1 saturated carbocycles. The van der Waals surface area contributed by atoms with Gasteiger partial charge in [0, 0.05) is 12.3 Å². The average molecular weight is 486 g/mol. The van der Waals surface area contributed by atoms with E-state index in [2.05, 4.69) is 0 Å². The van der Waals surface area contributed by atoms with Gasteiger partial charge in [0.1, 0.15) is 10.0 Å². The third-order valence-corrected chi connectivity index (χ3v) is 6.23. The Balaban J connectivity index is 2.72.